The van der Waals surface area contributed by atoms with E-state index >= 15 is 0 Å². The van der Waals surface area contributed by atoms with E-state index in [1.54, 1.807) is 12.1 Å². The monoisotopic (exact) mass is 416 g/mol. The average molecular weight is 417 g/mol. The Hall–Kier alpha value is -2.71. The molecule has 7 nitrogen and oxygen atoms in total. The van der Waals surface area contributed by atoms with Crippen molar-refractivity contribution in [2.24, 2.45) is 7.05 Å². The van der Waals surface area contributed by atoms with Crippen LogP contribution < -0.4 is 14.8 Å². The molecule has 0 aliphatic carbocycles. The van der Waals surface area contributed by atoms with Crippen molar-refractivity contribution >= 4 is 35.0 Å². The molecule has 1 aliphatic rings. The SMILES string of the molecule is Cc1ccc(Cl)cc1NC(=O)CSc1nnc(-c2ccc3c(c2)OCO3)n1C. The maximum absolute atomic E-state index is 12.3. The summed E-state index contributed by atoms with van der Waals surface area (Å²) in [4.78, 5) is 12.3. The Kier molecular flexibility index (Phi) is 5.15. The van der Waals surface area contributed by atoms with E-state index in [0.29, 0.717) is 33.2 Å². The molecule has 0 unspecified atom stereocenters. The highest BCUT2D eigenvalue weighted by molar-refractivity contribution is 7.99. The van der Waals surface area contributed by atoms with Gasteiger partial charge in [0.1, 0.15) is 0 Å². The molecule has 9 heteroatoms. The van der Waals surface area contributed by atoms with E-state index in [9.17, 15) is 4.79 Å². The number of nitrogens with zero attached hydrogens (tertiary/aromatic N) is 3. The minimum atomic E-state index is -0.136. The number of benzene rings is 2. The topological polar surface area (TPSA) is 78.3 Å². The number of hydrogen-bond acceptors (Lipinski definition) is 6. The number of halogens is 1. The minimum absolute atomic E-state index is 0.136. The van der Waals surface area contributed by atoms with Crippen LogP contribution in [0.15, 0.2) is 41.6 Å². The lowest BCUT2D eigenvalue weighted by Gasteiger charge is -2.09. The Morgan fingerprint density at radius 2 is 2.04 bits per heavy atom. The maximum atomic E-state index is 12.3. The van der Waals surface area contributed by atoms with Crippen LogP contribution in [0.4, 0.5) is 5.69 Å². The quantitative estimate of drug-likeness (QED) is 0.635. The molecule has 0 saturated carbocycles. The van der Waals surface area contributed by atoms with Crippen LogP contribution in [0.25, 0.3) is 11.4 Å². The Bertz CT molecular complexity index is 1050. The van der Waals surface area contributed by atoms with E-state index in [2.05, 4.69) is 15.5 Å². The second-order valence-electron chi connectivity index (χ2n) is 6.23. The smallest absolute Gasteiger partial charge is 0.234 e. The lowest BCUT2D eigenvalue weighted by molar-refractivity contribution is -0.113. The molecule has 0 fully saturated rings. The van der Waals surface area contributed by atoms with Crippen LogP contribution in [0.2, 0.25) is 5.02 Å². The van der Waals surface area contributed by atoms with Crippen molar-refractivity contribution in [3.05, 3.63) is 47.0 Å². The number of carbonyl (C=O) groups excluding carboxylic acids is 1. The first kappa shape index (κ1) is 18.6. The largest absolute Gasteiger partial charge is 0.454 e. The van der Waals surface area contributed by atoms with Crippen LogP contribution in [0.3, 0.4) is 0 Å². The molecule has 2 heterocycles. The summed E-state index contributed by atoms with van der Waals surface area (Å²) in [5.41, 5.74) is 2.52. The molecule has 3 aromatic rings. The van der Waals surface area contributed by atoms with Gasteiger partial charge in [0, 0.05) is 23.3 Å². The summed E-state index contributed by atoms with van der Waals surface area (Å²) in [5.74, 6) is 2.16. The van der Waals surface area contributed by atoms with E-state index in [1.807, 2.05) is 42.8 Å². The summed E-state index contributed by atoms with van der Waals surface area (Å²) in [6.45, 7) is 2.14. The molecule has 1 amide bonds. The van der Waals surface area contributed by atoms with Crippen molar-refractivity contribution in [3.63, 3.8) is 0 Å². The molecule has 0 radical (unpaired) electrons. The van der Waals surface area contributed by atoms with Gasteiger partial charge in [-0.25, -0.2) is 0 Å². The number of thioether (sulfide) groups is 1. The van der Waals surface area contributed by atoms with Gasteiger partial charge in [0.25, 0.3) is 0 Å². The first-order chi connectivity index (χ1) is 13.5. The summed E-state index contributed by atoms with van der Waals surface area (Å²) in [6.07, 6.45) is 0. The Morgan fingerprint density at radius 3 is 2.89 bits per heavy atom. The van der Waals surface area contributed by atoms with Gasteiger partial charge in [0.2, 0.25) is 12.7 Å². The number of aromatic nitrogens is 3. The van der Waals surface area contributed by atoms with E-state index in [1.165, 1.54) is 11.8 Å². The van der Waals surface area contributed by atoms with Gasteiger partial charge < -0.3 is 19.4 Å². The number of hydrogen-bond donors (Lipinski definition) is 1. The number of ether oxygens (including phenoxy) is 2. The molecule has 0 spiro atoms. The van der Waals surface area contributed by atoms with Crippen molar-refractivity contribution in [1.29, 1.82) is 0 Å². The van der Waals surface area contributed by atoms with Crippen LogP contribution in [0.1, 0.15) is 5.56 Å². The van der Waals surface area contributed by atoms with Crippen LogP contribution in [0.5, 0.6) is 11.5 Å². The van der Waals surface area contributed by atoms with Gasteiger partial charge in [0.05, 0.1) is 5.75 Å². The number of anilines is 1. The molecule has 28 heavy (non-hydrogen) atoms. The molecule has 2 aromatic carbocycles. The van der Waals surface area contributed by atoms with Crippen LogP contribution in [-0.4, -0.2) is 33.2 Å². The zero-order valence-electron chi connectivity index (χ0n) is 15.2. The van der Waals surface area contributed by atoms with Crippen LogP contribution in [-0.2, 0) is 11.8 Å². The highest BCUT2D eigenvalue weighted by atomic mass is 35.5. The van der Waals surface area contributed by atoms with Crippen molar-refractivity contribution in [3.8, 4) is 22.9 Å². The molecule has 1 aliphatic heterocycles. The number of rotatable bonds is 5. The van der Waals surface area contributed by atoms with Gasteiger partial charge in [-0.3, -0.25) is 4.79 Å². The lowest BCUT2D eigenvalue weighted by atomic mass is 10.2. The highest BCUT2D eigenvalue weighted by Gasteiger charge is 2.18. The zero-order valence-corrected chi connectivity index (χ0v) is 16.8. The number of fused-ring (bicyclic) bond motifs is 1. The van der Waals surface area contributed by atoms with Gasteiger partial charge in [-0.15, -0.1) is 10.2 Å². The molecule has 0 saturated heterocycles. The van der Waals surface area contributed by atoms with E-state index in [4.69, 9.17) is 21.1 Å². The van der Waals surface area contributed by atoms with Gasteiger partial charge in [-0.05, 0) is 42.8 Å². The average Bonchev–Trinajstić information content (AvgIpc) is 3.29. The number of carbonyl (C=O) groups is 1. The molecule has 1 N–H and O–H groups in total. The summed E-state index contributed by atoms with van der Waals surface area (Å²) in [7, 11) is 1.86. The normalized spacial score (nSPS) is 12.2. The molecule has 144 valence electrons. The van der Waals surface area contributed by atoms with E-state index in [0.717, 1.165) is 11.1 Å². The van der Waals surface area contributed by atoms with Crippen molar-refractivity contribution in [1.82, 2.24) is 14.8 Å². The first-order valence-electron chi connectivity index (χ1n) is 8.49. The van der Waals surface area contributed by atoms with Crippen molar-refractivity contribution < 1.29 is 14.3 Å². The van der Waals surface area contributed by atoms with Crippen LogP contribution in [0, 0.1) is 6.92 Å². The summed E-state index contributed by atoms with van der Waals surface area (Å²) >= 11 is 7.31. The summed E-state index contributed by atoms with van der Waals surface area (Å²) < 4.78 is 12.6. The third kappa shape index (κ3) is 3.79. The number of nitrogens with one attached hydrogen (secondary N) is 1. The molecular weight excluding hydrogens is 400 g/mol. The Balaban J connectivity index is 1.43. The third-order valence-electron chi connectivity index (χ3n) is 4.27. The standard InChI is InChI=1S/C19H17ClN4O3S/c1-11-3-5-13(20)8-14(11)21-17(25)9-28-19-23-22-18(24(19)2)12-4-6-15-16(7-12)27-10-26-15/h3-8H,9-10H2,1-2H3,(H,21,25). The second-order valence-corrected chi connectivity index (χ2v) is 7.61. The Morgan fingerprint density at radius 1 is 1.21 bits per heavy atom. The van der Waals surface area contributed by atoms with Gasteiger partial charge in [0.15, 0.2) is 22.5 Å². The zero-order chi connectivity index (χ0) is 19.7. The van der Waals surface area contributed by atoms with Crippen LogP contribution >= 0.6 is 23.4 Å². The fraction of sp³-hybridized carbons (Fsp3) is 0.211. The summed E-state index contributed by atoms with van der Waals surface area (Å²) in [5, 5.41) is 12.5. The van der Waals surface area contributed by atoms with Gasteiger partial charge >= 0.3 is 0 Å². The van der Waals surface area contributed by atoms with Gasteiger partial charge in [-0.2, -0.15) is 0 Å². The fourth-order valence-electron chi connectivity index (χ4n) is 2.77. The van der Waals surface area contributed by atoms with E-state index < -0.39 is 0 Å². The lowest BCUT2D eigenvalue weighted by Crippen LogP contribution is -2.15. The molecule has 0 atom stereocenters. The third-order valence-corrected chi connectivity index (χ3v) is 5.53. The van der Waals surface area contributed by atoms with Crippen molar-refractivity contribution in [2.75, 3.05) is 17.9 Å². The summed E-state index contributed by atoms with van der Waals surface area (Å²) in [6, 6.07) is 11.0. The molecule has 4 rings (SSSR count). The van der Waals surface area contributed by atoms with Gasteiger partial charge in [-0.1, -0.05) is 29.4 Å². The highest BCUT2D eigenvalue weighted by Crippen LogP contribution is 2.35. The minimum Gasteiger partial charge on any atom is -0.454 e. The molecule has 0 bridgehead atoms. The molecular formula is C19H17ClN4O3S. The number of amides is 1. The Labute approximate surface area is 171 Å². The fourth-order valence-corrected chi connectivity index (χ4v) is 3.66. The predicted molar refractivity (Wildman–Crippen MR) is 108 cm³/mol. The molecule has 1 aromatic heterocycles. The second kappa shape index (κ2) is 7.73. The maximum Gasteiger partial charge on any atom is 0.234 e. The predicted octanol–water partition coefficient (Wildman–Crippen LogP) is 3.90. The first-order valence-corrected chi connectivity index (χ1v) is 9.86. The number of aryl methyl sites for hydroxylation is 1. The van der Waals surface area contributed by atoms with E-state index in [-0.39, 0.29) is 18.5 Å². The van der Waals surface area contributed by atoms with Crippen molar-refractivity contribution in [2.45, 2.75) is 12.1 Å².